The molecule has 0 amide bonds. The third-order valence-corrected chi connectivity index (χ3v) is 7.38. The molecule has 4 rings (SSSR count). The van der Waals surface area contributed by atoms with Crippen LogP contribution in [0.2, 0.25) is 0 Å². The van der Waals surface area contributed by atoms with Crippen LogP contribution < -0.4 is 33.3 Å². The van der Waals surface area contributed by atoms with E-state index in [-0.39, 0.29) is 75.3 Å². The van der Waals surface area contributed by atoms with E-state index in [0.29, 0.717) is 0 Å². The molecule has 0 spiro atoms. The van der Waals surface area contributed by atoms with Gasteiger partial charge in [0.05, 0.1) is 21.3 Å². The van der Waals surface area contributed by atoms with Crippen molar-refractivity contribution in [1.82, 2.24) is 0 Å². The predicted octanol–water partition coefficient (Wildman–Crippen LogP) is 4.23. The molecule has 0 radical (unpaired) electrons. The van der Waals surface area contributed by atoms with Gasteiger partial charge < -0.3 is 46.9 Å². The summed E-state index contributed by atoms with van der Waals surface area (Å²) < 4.78 is 74.6. The lowest BCUT2D eigenvalue weighted by atomic mass is 10.1. The van der Waals surface area contributed by atoms with E-state index in [1.807, 2.05) is 6.92 Å². The number of fused-ring (bicyclic) bond motifs is 1. The van der Waals surface area contributed by atoms with Gasteiger partial charge in [0.15, 0.2) is 42.2 Å². The van der Waals surface area contributed by atoms with E-state index >= 15 is 0 Å². The van der Waals surface area contributed by atoms with Crippen LogP contribution in [0, 0.1) is 6.92 Å². The zero-order valence-corrected chi connectivity index (χ0v) is 25.0. The maximum atomic E-state index is 13.7. The van der Waals surface area contributed by atoms with E-state index in [4.69, 9.17) is 41.8 Å². The summed E-state index contributed by atoms with van der Waals surface area (Å²) in [5.41, 5.74) is 0.162. The molecule has 0 aliphatic carbocycles. The minimum atomic E-state index is -4.19. The van der Waals surface area contributed by atoms with Gasteiger partial charge in [-0.3, -0.25) is 4.79 Å². The standard InChI is InChI=1S/C29H30O13S/c1-16-7-10-18(11-8-16)43(32,33)42-19-12-9-17(13-20(19)36-4)24-26(37-5)22(30)21-23(31)27(39-14-34-2)29(40-15-35-3)28(38-6)25(21)41-24/h7-13,31H,14-15H2,1-6H3. The van der Waals surface area contributed by atoms with Crippen molar-refractivity contribution in [1.29, 1.82) is 0 Å². The molecule has 3 aromatic carbocycles. The van der Waals surface area contributed by atoms with Gasteiger partial charge in [0.25, 0.3) is 0 Å². The fourth-order valence-electron chi connectivity index (χ4n) is 4.13. The van der Waals surface area contributed by atoms with Crippen LogP contribution in [0.4, 0.5) is 0 Å². The SMILES string of the molecule is COCOc1c(OCOC)c(O)c2c(=O)c(OC)c(-c3ccc(OS(=O)(=O)c4ccc(C)cc4)c(OC)c3)oc2c1OC. The van der Waals surface area contributed by atoms with Crippen molar-refractivity contribution < 1.29 is 55.3 Å². The quantitative estimate of drug-likeness (QED) is 0.168. The molecule has 230 valence electrons. The van der Waals surface area contributed by atoms with Crippen LogP contribution in [-0.2, 0) is 19.6 Å². The molecule has 0 atom stereocenters. The molecule has 0 unspecified atom stereocenters. The molecule has 0 bridgehead atoms. The van der Waals surface area contributed by atoms with E-state index in [9.17, 15) is 18.3 Å². The van der Waals surface area contributed by atoms with Gasteiger partial charge in [-0.1, -0.05) is 17.7 Å². The third kappa shape index (κ3) is 6.11. The molecule has 13 nitrogen and oxygen atoms in total. The number of aryl methyl sites for hydroxylation is 1. The summed E-state index contributed by atoms with van der Waals surface area (Å²) in [5, 5.41) is 10.8. The molecular formula is C29H30O13S. The van der Waals surface area contributed by atoms with Crippen LogP contribution >= 0.6 is 0 Å². The fraction of sp³-hybridized carbons (Fsp3) is 0.276. The average molecular weight is 619 g/mol. The van der Waals surface area contributed by atoms with Crippen molar-refractivity contribution in [3.63, 3.8) is 0 Å². The Kier molecular flexibility index (Phi) is 9.53. The lowest BCUT2D eigenvalue weighted by Crippen LogP contribution is -2.12. The van der Waals surface area contributed by atoms with Crippen molar-refractivity contribution >= 4 is 21.1 Å². The highest BCUT2D eigenvalue weighted by Gasteiger charge is 2.30. The van der Waals surface area contributed by atoms with Crippen LogP contribution in [-0.4, -0.2) is 62.7 Å². The normalized spacial score (nSPS) is 11.3. The molecule has 1 aromatic heterocycles. The monoisotopic (exact) mass is 618 g/mol. The molecule has 0 aliphatic heterocycles. The summed E-state index contributed by atoms with van der Waals surface area (Å²) in [6.45, 7) is 1.28. The van der Waals surface area contributed by atoms with Gasteiger partial charge in [-0.15, -0.1) is 0 Å². The van der Waals surface area contributed by atoms with E-state index in [1.54, 1.807) is 12.1 Å². The summed E-state index contributed by atoms with van der Waals surface area (Å²) >= 11 is 0. The summed E-state index contributed by atoms with van der Waals surface area (Å²) in [7, 11) is 2.44. The Bertz CT molecular complexity index is 1780. The Balaban J connectivity index is 1.91. The Morgan fingerprint density at radius 1 is 0.767 bits per heavy atom. The van der Waals surface area contributed by atoms with E-state index in [2.05, 4.69) is 0 Å². The van der Waals surface area contributed by atoms with Gasteiger partial charge in [0.2, 0.25) is 28.4 Å². The lowest BCUT2D eigenvalue weighted by Gasteiger charge is -2.19. The lowest BCUT2D eigenvalue weighted by molar-refractivity contribution is 0.0295. The van der Waals surface area contributed by atoms with Gasteiger partial charge in [0, 0.05) is 19.8 Å². The number of rotatable bonds is 13. The second-order valence-corrected chi connectivity index (χ2v) is 10.4. The molecular weight excluding hydrogens is 588 g/mol. The molecule has 43 heavy (non-hydrogen) atoms. The highest BCUT2D eigenvalue weighted by atomic mass is 32.2. The van der Waals surface area contributed by atoms with Crippen LogP contribution in [0.1, 0.15) is 5.56 Å². The van der Waals surface area contributed by atoms with Crippen molar-refractivity contribution in [3.8, 4) is 51.6 Å². The summed E-state index contributed by atoms with van der Waals surface area (Å²) in [6, 6.07) is 10.3. The average Bonchev–Trinajstić information content (AvgIpc) is 2.99. The molecule has 1 N–H and O–H groups in total. The number of methoxy groups -OCH3 is 5. The van der Waals surface area contributed by atoms with Crippen molar-refractivity contribution in [2.45, 2.75) is 11.8 Å². The maximum absolute atomic E-state index is 13.7. The number of phenols is 1. The number of hydrogen-bond acceptors (Lipinski definition) is 13. The van der Waals surface area contributed by atoms with E-state index in [1.165, 1.54) is 65.9 Å². The first-order valence-electron chi connectivity index (χ1n) is 12.5. The fourth-order valence-corrected chi connectivity index (χ4v) is 5.07. The highest BCUT2D eigenvalue weighted by Crippen LogP contribution is 2.51. The van der Waals surface area contributed by atoms with Crippen molar-refractivity contribution in [2.24, 2.45) is 0 Å². The van der Waals surface area contributed by atoms with Gasteiger partial charge in [-0.05, 0) is 37.3 Å². The third-order valence-electron chi connectivity index (χ3n) is 6.13. The minimum Gasteiger partial charge on any atom is -0.504 e. The first-order chi connectivity index (χ1) is 20.6. The van der Waals surface area contributed by atoms with Gasteiger partial charge in [-0.2, -0.15) is 8.42 Å². The number of ether oxygens (including phenoxy) is 7. The van der Waals surface area contributed by atoms with Gasteiger partial charge >= 0.3 is 10.1 Å². The van der Waals surface area contributed by atoms with Crippen molar-refractivity contribution in [3.05, 3.63) is 58.3 Å². The van der Waals surface area contributed by atoms with E-state index < -0.39 is 21.3 Å². The van der Waals surface area contributed by atoms with Crippen LogP contribution in [0.15, 0.2) is 56.6 Å². The smallest absolute Gasteiger partial charge is 0.339 e. The molecule has 0 saturated heterocycles. The van der Waals surface area contributed by atoms with Crippen LogP contribution in [0.25, 0.3) is 22.3 Å². The largest absolute Gasteiger partial charge is 0.504 e. The summed E-state index contributed by atoms with van der Waals surface area (Å²) in [5.74, 6) is -1.53. The number of aromatic hydroxyl groups is 1. The first-order valence-corrected chi connectivity index (χ1v) is 13.9. The molecule has 14 heteroatoms. The first kappa shape index (κ1) is 31.3. The number of benzene rings is 3. The number of hydrogen-bond donors (Lipinski definition) is 1. The Morgan fingerprint density at radius 2 is 1.40 bits per heavy atom. The second kappa shape index (κ2) is 13.1. The molecule has 0 aliphatic rings. The summed E-state index contributed by atoms with van der Waals surface area (Å²) in [6.07, 6.45) is 0. The highest BCUT2D eigenvalue weighted by molar-refractivity contribution is 7.87. The molecule has 4 aromatic rings. The van der Waals surface area contributed by atoms with Crippen LogP contribution in [0.3, 0.4) is 0 Å². The Morgan fingerprint density at radius 3 is 1.98 bits per heavy atom. The minimum absolute atomic E-state index is 0.0141. The van der Waals surface area contributed by atoms with Gasteiger partial charge in [-0.25, -0.2) is 0 Å². The van der Waals surface area contributed by atoms with E-state index in [0.717, 1.165) is 5.56 Å². The molecule has 0 saturated carbocycles. The van der Waals surface area contributed by atoms with Gasteiger partial charge in [0.1, 0.15) is 10.3 Å². The predicted molar refractivity (Wildman–Crippen MR) is 153 cm³/mol. The van der Waals surface area contributed by atoms with Crippen molar-refractivity contribution in [2.75, 3.05) is 49.1 Å². The zero-order valence-electron chi connectivity index (χ0n) is 24.2. The molecule has 0 fully saturated rings. The topological polar surface area (TPSA) is 158 Å². The number of phenolic OH excluding ortho intramolecular Hbond substituents is 1. The zero-order chi connectivity index (χ0) is 31.3. The Hall–Kier alpha value is -4.66. The maximum Gasteiger partial charge on any atom is 0.339 e. The second-order valence-electron chi connectivity index (χ2n) is 8.86. The summed E-state index contributed by atoms with van der Waals surface area (Å²) in [4.78, 5) is 13.7. The molecule has 1 heterocycles. The van der Waals surface area contributed by atoms with Crippen LogP contribution in [0.5, 0.6) is 40.2 Å². The Labute approximate surface area is 247 Å².